The molecule has 88 valence electrons. The smallest absolute Gasteiger partial charge is 0.127 e. The van der Waals surface area contributed by atoms with Gasteiger partial charge in [0.1, 0.15) is 11.5 Å². The maximum absolute atomic E-state index is 5.74. The molecule has 3 aromatic rings. The number of H-pyrrole nitrogens is 1. The van der Waals surface area contributed by atoms with E-state index in [9.17, 15) is 0 Å². The number of benzene rings is 2. The number of ether oxygens (including phenoxy) is 1. The summed E-state index contributed by atoms with van der Waals surface area (Å²) in [5.74, 6) is 1.70. The highest BCUT2D eigenvalue weighted by atomic mass is 16.5. The Morgan fingerprint density at radius 2 is 1.39 bits per heavy atom. The third kappa shape index (κ3) is 2.28. The molecule has 0 fully saturated rings. The predicted octanol–water partition coefficient (Wildman–Crippen LogP) is 4.47. The first-order valence-electron chi connectivity index (χ1n) is 5.88. The van der Waals surface area contributed by atoms with Crippen molar-refractivity contribution < 1.29 is 4.74 Å². The van der Waals surface area contributed by atoms with Gasteiger partial charge in [-0.2, -0.15) is 0 Å². The Bertz CT molecular complexity index is 597. The lowest BCUT2D eigenvalue weighted by Gasteiger charge is -2.06. The van der Waals surface area contributed by atoms with E-state index in [1.807, 2.05) is 72.9 Å². The van der Waals surface area contributed by atoms with Crippen LogP contribution >= 0.6 is 0 Å². The van der Waals surface area contributed by atoms with Crippen LogP contribution in [-0.2, 0) is 0 Å². The fourth-order valence-corrected chi connectivity index (χ4v) is 1.84. The molecule has 0 amide bonds. The molecule has 3 rings (SSSR count). The summed E-state index contributed by atoms with van der Waals surface area (Å²) < 4.78 is 5.74. The van der Waals surface area contributed by atoms with Crippen molar-refractivity contribution >= 4 is 0 Å². The fourth-order valence-electron chi connectivity index (χ4n) is 1.84. The van der Waals surface area contributed by atoms with Crippen LogP contribution in [0.2, 0.25) is 0 Å². The van der Waals surface area contributed by atoms with Gasteiger partial charge in [0, 0.05) is 11.9 Å². The highest BCUT2D eigenvalue weighted by Gasteiger charge is 1.99. The second kappa shape index (κ2) is 4.80. The quantitative estimate of drug-likeness (QED) is 0.711. The van der Waals surface area contributed by atoms with Crippen LogP contribution in [-0.4, -0.2) is 4.98 Å². The first-order chi connectivity index (χ1) is 8.92. The summed E-state index contributed by atoms with van der Waals surface area (Å²) in [6, 6.07) is 21.9. The normalized spacial score (nSPS) is 10.2. The SMILES string of the molecule is c1ccc(Oc2ccc(-c3ccc[nH]3)cc2)cc1. The summed E-state index contributed by atoms with van der Waals surface area (Å²) in [6.07, 6.45) is 1.92. The van der Waals surface area contributed by atoms with Crippen molar-refractivity contribution in [3.8, 4) is 22.8 Å². The molecule has 0 aliphatic heterocycles. The van der Waals surface area contributed by atoms with Gasteiger partial charge in [-0.15, -0.1) is 0 Å². The zero-order valence-electron chi connectivity index (χ0n) is 9.84. The number of rotatable bonds is 3. The molecule has 18 heavy (non-hydrogen) atoms. The maximum atomic E-state index is 5.74. The zero-order chi connectivity index (χ0) is 12.2. The lowest BCUT2D eigenvalue weighted by molar-refractivity contribution is 0.483. The maximum Gasteiger partial charge on any atom is 0.127 e. The van der Waals surface area contributed by atoms with E-state index >= 15 is 0 Å². The number of para-hydroxylation sites is 1. The van der Waals surface area contributed by atoms with Gasteiger partial charge < -0.3 is 9.72 Å². The number of nitrogens with one attached hydrogen (secondary N) is 1. The minimum absolute atomic E-state index is 0.844. The molecular weight excluding hydrogens is 222 g/mol. The zero-order valence-corrected chi connectivity index (χ0v) is 9.84. The third-order valence-electron chi connectivity index (χ3n) is 2.74. The van der Waals surface area contributed by atoms with Crippen molar-refractivity contribution in [2.75, 3.05) is 0 Å². The second-order valence-corrected chi connectivity index (χ2v) is 4.02. The van der Waals surface area contributed by atoms with Crippen LogP contribution < -0.4 is 4.74 Å². The average Bonchev–Trinajstić information content (AvgIpc) is 2.95. The van der Waals surface area contributed by atoms with Gasteiger partial charge in [0.2, 0.25) is 0 Å². The van der Waals surface area contributed by atoms with Crippen LogP contribution in [0, 0.1) is 0 Å². The molecule has 0 spiro atoms. The molecule has 1 heterocycles. The fraction of sp³-hybridized carbons (Fsp3) is 0. The minimum atomic E-state index is 0.844. The lowest BCUT2D eigenvalue weighted by atomic mass is 10.1. The third-order valence-corrected chi connectivity index (χ3v) is 2.74. The lowest BCUT2D eigenvalue weighted by Crippen LogP contribution is -1.83. The molecule has 0 aliphatic rings. The molecule has 0 unspecified atom stereocenters. The Balaban J connectivity index is 1.80. The molecule has 0 radical (unpaired) electrons. The van der Waals surface area contributed by atoms with Crippen LogP contribution in [0.5, 0.6) is 11.5 Å². The van der Waals surface area contributed by atoms with Crippen LogP contribution in [0.15, 0.2) is 72.9 Å². The Labute approximate surface area is 106 Å². The molecule has 0 atom stereocenters. The molecule has 1 aromatic heterocycles. The Morgan fingerprint density at radius 3 is 2.06 bits per heavy atom. The molecular formula is C16H13NO. The van der Waals surface area contributed by atoms with Gasteiger partial charge in [0.05, 0.1) is 0 Å². The van der Waals surface area contributed by atoms with Crippen molar-refractivity contribution in [3.05, 3.63) is 72.9 Å². The molecule has 2 aromatic carbocycles. The van der Waals surface area contributed by atoms with E-state index in [0.29, 0.717) is 0 Å². The molecule has 2 heteroatoms. The van der Waals surface area contributed by atoms with Crippen molar-refractivity contribution in [1.82, 2.24) is 4.98 Å². The van der Waals surface area contributed by atoms with E-state index in [2.05, 4.69) is 4.98 Å². The number of hydrogen-bond acceptors (Lipinski definition) is 1. The van der Waals surface area contributed by atoms with Crippen LogP contribution in [0.1, 0.15) is 0 Å². The number of aromatic amines is 1. The number of hydrogen-bond donors (Lipinski definition) is 1. The minimum Gasteiger partial charge on any atom is -0.457 e. The van der Waals surface area contributed by atoms with E-state index < -0.39 is 0 Å². The van der Waals surface area contributed by atoms with E-state index in [1.165, 1.54) is 0 Å². The van der Waals surface area contributed by atoms with Gasteiger partial charge in [0.15, 0.2) is 0 Å². The molecule has 1 N–H and O–H groups in total. The summed E-state index contributed by atoms with van der Waals surface area (Å²) in [6.45, 7) is 0. The molecule has 0 aliphatic carbocycles. The largest absolute Gasteiger partial charge is 0.457 e. The van der Waals surface area contributed by atoms with Gasteiger partial charge in [0.25, 0.3) is 0 Å². The first-order valence-corrected chi connectivity index (χ1v) is 5.88. The standard InChI is InChI=1S/C16H13NO/c1-2-5-14(6-3-1)18-15-10-8-13(9-11-15)16-7-4-12-17-16/h1-12,17H. The summed E-state index contributed by atoms with van der Waals surface area (Å²) in [7, 11) is 0. The highest BCUT2D eigenvalue weighted by Crippen LogP contribution is 2.24. The summed E-state index contributed by atoms with van der Waals surface area (Å²) in [5, 5.41) is 0. The van der Waals surface area contributed by atoms with E-state index in [-0.39, 0.29) is 0 Å². The number of aromatic nitrogens is 1. The van der Waals surface area contributed by atoms with Crippen molar-refractivity contribution in [1.29, 1.82) is 0 Å². The Kier molecular flexibility index (Phi) is 2.84. The van der Waals surface area contributed by atoms with Gasteiger partial charge in [-0.05, 0) is 54.1 Å². The molecule has 2 nitrogen and oxygen atoms in total. The highest BCUT2D eigenvalue weighted by molar-refractivity contribution is 5.60. The van der Waals surface area contributed by atoms with Crippen LogP contribution in [0.25, 0.3) is 11.3 Å². The van der Waals surface area contributed by atoms with Gasteiger partial charge in [-0.3, -0.25) is 0 Å². The molecule has 0 saturated heterocycles. The van der Waals surface area contributed by atoms with Gasteiger partial charge in [-0.25, -0.2) is 0 Å². The van der Waals surface area contributed by atoms with Crippen molar-refractivity contribution in [2.45, 2.75) is 0 Å². The average molecular weight is 235 g/mol. The predicted molar refractivity (Wildman–Crippen MR) is 72.7 cm³/mol. The van der Waals surface area contributed by atoms with Crippen molar-refractivity contribution in [2.24, 2.45) is 0 Å². The summed E-state index contributed by atoms with van der Waals surface area (Å²) in [4.78, 5) is 3.18. The van der Waals surface area contributed by atoms with E-state index in [0.717, 1.165) is 22.8 Å². The Hall–Kier alpha value is -2.48. The van der Waals surface area contributed by atoms with E-state index in [4.69, 9.17) is 4.74 Å². The monoisotopic (exact) mass is 235 g/mol. The summed E-state index contributed by atoms with van der Waals surface area (Å²) in [5.41, 5.74) is 2.27. The van der Waals surface area contributed by atoms with Gasteiger partial charge in [-0.1, -0.05) is 18.2 Å². The molecule has 0 saturated carbocycles. The summed E-state index contributed by atoms with van der Waals surface area (Å²) >= 11 is 0. The van der Waals surface area contributed by atoms with Gasteiger partial charge >= 0.3 is 0 Å². The molecule has 0 bridgehead atoms. The van der Waals surface area contributed by atoms with Crippen LogP contribution in [0.4, 0.5) is 0 Å². The first kappa shape index (κ1) is 10.7. The Morgan fingerprint density at radius 1 is 0.667 bits per heavy atom. The van der Waals surface area contributed by atoms with E-state index in [1.54, 1.807) is 0 Å². The van der Waals surface area contributed by atoms with Crippen LogP contribution in [0.3, 0.4) is 0 Å². The topological polar surface area (TPSA) is 25.0 Å². The second-order valence-electron chi connectivity index (χ2n) is 4.02. The van der Waals surface area contributed by atoms with Crippen molar-refractivity contribution in [3.63, 3.8) is 0 Å².